The molecule has 0 bridgehead atoms. The van der Waals surface area contributed by atoms with Crippen LogP contribution in [0.3, 0.4) is 0 Å². The average molecular weight is 258 g/mol. The van der Waals surface area contributed by atoms with Crippen LogP contribution >= 0.6 is 0 Å². The molecule has 2 fully saturated rings. The summed E-state index contributed by atoms with van der Waals surface area (Å²) >= 11 is 0. The SMILES string of the molecule is O=C1CCNC2(CCN(Cc3ccccc3)CC2)C1. The van der Waals surface area contributed by atoms with Gasteiger partial charge in [0.2, 0.25) is 0 Å². The van der Waals surface area contributed by atoms with E-state index < -0.39 is 0 Å². The molecule has 1 aromatic rings. The third-order valence-electron chi connectivity index (χ3n) is 4.50. The van der Waals surface area contributed by atoms with Crippen LogP contribution in [0.2, 0.25) is 0 Å². The summed E-state index contributed by atoms with van der Waals surface area (Å²) in [4.78, 5) is 14.2. The molecule has 3 heteroatoms. The zero-order valence-corrected chi connectivity index (χ0v) is 11.4. The minimum Gasteiger partial charge on any atom is -0.310 e. The Morgan fingerprint density at radius 3 is 2.58 bits per heavy atom. The second-order valence-corrected chi connectivity index (χ2v) is 5.93. The van der Waals surface area contributed by atoms with E-state index in [1.165, 1.54) is 5.56 Å². The van der Waals surface area contributed by atoms with E-state index in [4.69, 9.17) is 0 Å². The predicted octanol–water partition coefficient (Wildman–Crippen LogP) is 1.97. The molecule has 2 saturated heterocycles. The zero-order valence-electron chi connectivity index (χ0n) is 11.4. The number of likely N-dealkylation sites (tertiary alicyclic amines) is 1. The Balaban J connectivity index is 1.56. The van der Waals surface area contributed by atoms with Gasteiger partial charge >= 0.3 is 0 Å². The van der Waals surface area contributed by atoms with Crippen LogP contribution in [-0.2, 0) is 11.3 Å². The van der Waals surface area contributed by atoms with Crippen LogP contribution in [0.25, 0.3) is 0 Å². The number of hydrogen-bond acceptors (Lipinski definition) is 3. The van der Waals surface area contributed by atoms with Gasteiger partial charge in [0.1, 0.15) is 5.78 Å². The van der Waals surface area contributed by atoms with Crippen LogP contribution < -0.4 is 5.32 Å². The Bertz CT molecular complexity index is 435. The van der Waals surface area contributed by atoms with Crippen molar-refractivity contribution in [2.24, 2.45) is 0 Å². The quantitative estimate of drug-likeness (QED) is 0.880. The number of rotatable bonds is 2. The first-order valence-corrected chi connectivity index (χ1v) is 7.29. The molecule has 19 heavy (non-hydrogen) atoms. The van der Waals surface area contributed by atoms with Gasteiger partial charge in [-0.15, -0.1) is 0 Å². The number of benzene rings is 1. The first kappa shape index (κ1) is 12.8. The maximum absolute atomic E-state index is 11.7. The molecule has 1 N–H and O–H groups in total. The highest BCUT2D eigenvalue weighted by molar-refractivity contribution is 5.80. The number of carbonyl (C=O) groups is 1. The summed E-state index contributed by atoms with van der Waals surface area (Å²) in [5.74, 6) is 0.440. The Kier molecular flexibility index (Phi) is 3.67. The Morgan fingerprint density at radius 2 is 1.89 bits per heavy atom. The van der Waals surface area contributed by atoms with Crippen molar-refractivity contribution < 1.29 is 4.79 Å². The molecule has 0 amide bonds. The molecule has 0 radical (unpaired) electrons. The molecule has 1 spiro atoms. The summed E-state index contributed by atoms with van der Waals surface area (Å²) in [6.45, 7) is 4.09. The van der Waals surface area contributed by atoms with E-state index in [1.807, 2.05) is 0 Å². The molecule has 2 aliphatic rings. The van der Waals surface area contributed by atoms with E-state index in [9.17, 15) is 4.79 Å². The van der Waals surface area contributed by atoms with Crippen molar-refractivity contribution in [2.75, 3.05) is 19.6 Å². The van der Waals surface area contributed by atoms with E-state index in [-0.39, 0.29) is 5.54 Å². The van der Waals surface area contributed by atoms with Crippen molar-refractivity contribution in [1.82, 2.24) is 10.2 Å². The van der Waals surface area contributed by atoms with Gasteiger partial charge in [0.05, 0.1) is 0 Å². The fraction of sp³-hybridized carbons (Fsp3) is 0.562. The maximum atomic E-state index is 11.7. The summed E-state index contributed by atoms with van der Waals surface area (Å²) in [5.41, 5.74) is 1.49. The van der Waals surface area contributed by atoms with Crippen LogP contribution in [0.1, 0.15) is 31.2 Å². The monoisotopic (exact) mass is 258 g/mol. The van der Waals surface area contributed by atoms with Crippen LogP contribution in [0.15, 0.2) is 30.3 Å². The van der Waals surface area contributed by atoms with Crippen molar-refractivity contribution in [2.45, 2.75) is 37.8 Å². The molecule has 1 aromatic carbocycles. The van der Waals surface area contributed by atoms with Crippen LogP contribution in [0.5, 0.6) is 0 Å². The second kappa shape index (κ2) is 5.43. The lowest BCUT2D eigenvalue weighted by atomic mass is 9.80. The molecule has 0 aromatic heterocycles. The van der Waals surface area contributed by atoms with Crippen LogP contribution in [-0.4, -0.2) is 35.9 Å². The minimum atomic E-state index is 0.114. The Hall–Kier alpha value is -1.19. The Labute approximate surface area is 115 Å². The Morgan fingerprint density at radius 1 is 1.16 bits per heavy atom. The maximum Gasteiger partial charge on any atom is 0.136 e. The summed E-state index contributed by atoms with van der Waals surface area (Å²) in [5, 5.41) is 3.60. The van der Waals surface area contributed by atoms with Gasteiger partial charge in [0.25, 0.3) is 0 Å². The largest absolute Gasteiger partial charge is 0.310 e. The van der Waals surface area contributed by atoms with E-state index in [2.05, 4.69) is 40.5 Å². The first-order valence-electron chi connectivity index (χ1n) is 7.29. The summed E-state index contributed by atoms with van der Waals surface area (Å²) in [6.07, 6.45) is 3.67. The van der Waals surface area contributed by atoms with Gasteiger partial charge in [-0.25, -0.2) is 0 Å². The van der Waals surface area contributed by atoms with Crippen LogP contribution in [0, 0.1) is 0 Å². The predicted molar refractivity (Wildman–Crippen MR) is 75.9 cm³/mol. The van der Waals surface area contributed by atoms with Gasteiger partial charge in [0, 0.05) is 44.6 Å². The number of nitrogens with one attached hydrogen (secondary N) is 1. The van der Waals surface area contributed by atoms with Gasteiger partial charge in [-0.3, -0.25) is 9.69 Å². The van der Waals surface area contributed by atoms with E-state index in [0.29, 0.717) is 5.78 Å². The molecular weight excluding hydrogens is 236 g/mol. The lowest BCUT2D eigenvalue weighted by Crippen LogP contribution is -2.57. The molecular formula is C16H22N2O. The third-order valence-corrected chi connectivity index (χ3v) is 4.50. The van der Waals surface area contributed by atoms with Crippen molar-refractivity contribution in [3.63, 3.8) is 0 Å². The number of ketones is 1. The summed E-state index contributed by atoms with van der Waals surface area (Å²) in [7, 11) is 0. The zero-order chi connectivity index (χ0) is 13.1. The summed E-state index contributed by atoms with van der Waals surface area (Å²) in [6, 6.07) is 10.6. The van der Waals surface area contributed by atoms with E-state index >= 15 is 0 Å². The molecule has 102 valence electrons. The van der Waals surface area contributed by atoms with Crippen LogP contribution in [0.4, 0.5) is 0 Å². The molecule has 2 aliphatic heterocycles. The summed E-state index contributed by atoms with van der Waals surface area (Å²) < 4.78 is 0. The minimum absolute atomic E-state index is 0.114. The number of hydrogen-bond donors (Lipinski definition) is 1. The third kappa shape index (κ3) is 3.04. The fourth-order valence-electron chi connectivity index (χ4n) is 3.33. The average Bonchev–Trinajstić information content (AvgIpc) is 2.43. The standard InChI is InChI=1S/C16H22N2O/c19-15-6-9-17-16(12-15)7-10-18(11-8-16)13-14-4-2-1-3-5-14/h1-5,17H,6-13H2. The van der Waals surface area contributed by atoms with Gasteiger partial charge < -0.3 is 5.32 Å². The van der Waals surface area contributed by atoms with E-state index in [0.717, 1.165) is 51.9 Å². The first-order chi connectivity index (χ1) is 9.26. The number of carbonyl (C=O) groups excluding carboxylic acids is 1. The number of Topliss-reactive ketones (excluding diaryl/α,β-unsaturated/α-hetero) is 1. The van der Waals surface area contributed by atoms with Crippen molar-refractivity contribution in [3.8, 4) is 0 Å². The van der Waals surface area contributed by atoms with Crippen molar-refractivity contribution in [1.29, 1.82) is 0 Å². The van der Waals surface area contributed by atoms with Gasteiger partial charge in [0.15, 0.2) is 0 Å². The molecule has 0 atom stereocenters. The lowest BCUT2D eigenvalue weighted by molar-refractivity contribution is -0.122. The normalized spacial score (nSPS) is 23.7. The highest BCUT2D eigenvalue weighted by atomic mass is 16.1. The van der Waals surface area contributed by atoms with E-state index in [1.54, 1.807) is 0 Å². The van der Waals surface area contributed by atoms with Crippen molar-refractivity contribution in [3.05, 3.63) is 35.9 Å². The topological polar surface area (TPSA) is 32.3 Å². The number of nitrogens with zero attached hydrogens (tertiary/aromatic N) is 1. The second-order valence-electron chi connectivity index (χ2n) is 5.93. The highest BCUT2D eigenvalue weighted by Gasteiger charge is 2.38. The van der Waals surface area contributed by atoms with Gasteiger partial charge in [-0.2, -0.15) is 0 Å². The van der Waals surface area contributed by atoms with Gasteiger partial charge in [-0.05, 0) is 18.4 Å². The molecule has 0 saturated carbocycles. The smallest absolute Gasteiger partial charge is 0.136 e. The molecule has 0 unspecified atom stereocenters. The fourth-order valence-corrected chi connectivity index (χ4v) is 3.33. The number of piperidine rings is 2. The van der Waals surface area contributed by atoms with Gasteiger partial charge in [-0.1, -0.05) is 30.3 Å². The lowest BCUT2D eigenvalue weighted by Gasteiger charge is -2.44. The highest BCUT2D eigenvalue weighted by Crippen LogP contribution is 2.29. The molecule has 3 nitrogen and oxygen atoms in total. The molecule has 0 aliphatic carbocycles. The molecule has 2 heterocycles. The molecule has 3 rings (SSSR count). The van der Waals surface area contributed by atoms with Crippen molar-refractivity contribution >= 4 is 5.78 Å².